The van der Waals surface area contributed by atoms with E-state index in [1.807, 2.05) is 0 Å². The van der Waals surface area contributed by atoms with E-state index in [2.05, 4.69) is 20.8 Å². The van der Waals surface area contributed by atoms with Gasteiger partial charge in [0.15, 0.2) is 0 Å². The smallest absolute Gasteiger partial charge is 0.0443 e. The summed E-state index contributed by atoms with van der Waals surface area (Å²) in [5.41, 5.74) is 0. The standard InChI is InChI=1S/C14H29/c1-4-5-6-7-8-9-10-11-12-13-14(2)3/h14H,2,4-13H2,1,3H3. The first-order valence-corrected chi connectivity index (χ1v) is 6.60. The molecule has 0 amide bonds. The van der Waals surface area contributed by atoms with Gasteiger partial charge in [-0.25, -0.2) is 0 Å². The van der Waals surface area contributed by atoms with Gasteiger partial charge in [0.2, 0.25) is 0 Å². The van der Waals surface area contributed by atoms with E-state index in [1.165, 1.54) is 64.2 Å². The van der Waals surface area contributed by atoms with Crippen LogP contribution in [0.15, 0.2) is 0 Å². The zero-order valence-electron chi connectivity index (χ0n) is 10.4. The fourth-order valence-corrected chi connectivity index (χ4v) is 1.80. The molecule has 0 spiro atoms. The van der Waals surface area contributed by atoms with E-state index in [0.29, 0.717) is 5.92 Å². The Morgan fingerprint density at radius 1 is 0.786 bits per heavy atom. The van der Waals surface area contributed by atoms with Crippen LogP contribution in [0.5, 0.6) is 0 Å². The van der Waals surface area contributed by atoms with Crippen molar-refractivity contribution in [3.05, 3.63) is 6.92 Å². The minimum Gasteiger partial charge on any atom is -0.0654 e. The second-order valence-electron chi connectivity index (χ2n) is 4.72. The molecule has 0 heteroatoms. The molecule has 0 aromatic rings. The van der Waals surface area contributed by atoms with Crippen LogP contribution in [0, 0.1) is 12.8 Å². The molecule has 14 heavy (non-hydrogen) atoms. The molecule has 85 valence electrons. The predicted molar refractivity (Wildman–Crippen MR) is 66.4 cm³/mol. The summed E-state index contributed by atoms with van der Waals surface area (Å²) in [6.07, 6.45) is 14.2. The third kappa shape index (κ3) is 12.0. The van der Waals surface area contributed by atoms with Gasteiger partial charge in [-0.3, -0.25) is 0 Å². The van der Waals surface area contributed by atoms with Crippen molar-refractivity contribution in [2.45, 2.75) is 78.1 Å². The summed E-state index contributed by atoms with van der Waals surface area (Å²) in [7, 11) is 0. The molecule has 0 aromatic carbocycles. The van der Waals surface area contributed by atoms with Crippen LogP contribution in [0.1, 0.15) is 78.1 Å². The Morgan fingerprint density at radius 3 is 1.64 bits per heavy atom. The lowest BCUT2D eigenvalue weighted by molar-refractivity contribution is 0.528. The maximum Gasteiger partial charge on any atom is -0.0443 e. The second kappa shape index (κ2) is 11.1. The number of rotatable bonds is 10. The van der Waals surface area contributed by atoms with Gasteiger partial charge in [-0.15, -0.1) is 0 Å². The molecule has 0 bridgehead atoms. The van der Waals surface area contributed by atoms with Gasteiger partial charge < -0.3 is 0 Å². The molecular formula is C14H29. The SMILES string of the molecule is [CH2]C(C)CCCCCCCCCCC. The van der Waals surface area contributed by atoms with Crippen LogP contribution in [0.25, 0.3) is 0 Å². The van der Waals surface area contributed by atoms with Gasteiger partial charge in [-0.1, -0.05) is 85.0 Å². The number of hydrogen-bond acceptors (Lipinski definition) is 0. The lowest BCUT2D eigenvalue weighted by atomic mass is 10.0. The van der Waals surface area contributed by atoms with E-state index in [-0.39, 0.29) is 0 Å². The predicted octanol–water partition coefficient (Wildman–Crippen LogP) is 5.38. The molecule has 0 saturated heterocycles. The van der Waals surface area contributed by atoms with Crippen molar-refractivity contribution < 1.29 is 0 Å². The Labute approximate surface area is 91.5 Å². The van der Waals surface area contributed by atoms with Gasteiger partial charge in [-0.2, -0.15) is 0 Å². The molecule has 0 nitrogen and oxygen atoms in total. The molecule has 0 aliphatic rings. The maximum absolute atomic E-state index is 4.01. The lowest BCUT2D eigenvalue weighted by Crippen LogP contribution is -1.87. The summed E-state index contributed by atoms with van der Waals surface area (Å²) in [5, 5.41) is 0. The third-order valence-corrected chi connectivity index (χ3v) is 2.80. The van der Waals surface area contributed by atoms with Crippen molar-refractivity contribution in [2.75, 3.05) is 0 Å². The van der Waals surface area contributed by atoms with Gasteiger partial charge in [0.1, 0.15) is 0 Å². The van der Waals surface area contributed by atoms with Crippen molar-refractivity contribution >= 4 is 0 Å². The average molecular weight is 197 g/mol. The van der Waals surface area contributed by atoms with Gasteiger partial charge in [0.05, 0.1) is 0 Å². The minimum absolute atomic E-state index is 0.652. The molecular weight excluding hydrogens is 168 g/mol. The summed E-state index contributed by atoms with van der Waals surface area (Å²) in [6.45, 7) is 8.50. The highest BCUT2D eigenvalue weighted by molar-refractivity contribution is 4.54. The van der Waals surface area contributed by atoms with Crippen LogP contribution in [-0.2, 0) is 0 Å². The molecule has 0 saturated carbocycles. The maximum atomic E-state index is 4.01. The molecule has 1 atom stereocenters. The average Bonchev–Trinajstić information content (AvgIpc) is 2.15. The zero-order chi connectivity index (χ0) is 10.6. The second-order valence-corrected chi connectivity index (χ2v) is 4.72. The summed E-state index contributed by atoms with van der Waals surface area (Å²) in [5.74, 6) is 0.652. The van der Waals surface area contributed by atoms with Crippen molar-refractivity contribution in [1.82, 2.24) is 0 Å². The highest BCUT2D eigenvalue weighted by atomic mass is 14.0. The fraction of sp³-hybridized carbons (Fsp3) is 0.929. The van der Waals surface area contributed by atoms with Crippen LogP contribution < -0.4 is 0 Å². The van der Waals surface area contributed by atoms with E-state index < -0.39 is 0 Å². The molecule has 0 rings (SSSR count). The summed E-state index contributed by atoms with van der Waals surface area (Å²) in [4.78, 5) is 0. The lowest BCUT2D eigenvalue weighted by Gasteiger charge is -2.04. The Bertz CT molecular complexity index is 94.2. The van der Waals surface area contributed by atoms with E-state index >= 15 is 0 Å². The Morgan fingerprint density at radius 2 is 1.21 bits per heavy atom. The summed E-state index contributed by atoms with van der Waals surface area (Å²) >= 11 is 0. The van der Waals surface area contributed by atoms with Crippen molar-refractivity contribution in [2.24, 2.45) is 5.92 Å². The van der Waals surface area contributed by atoms with E-state index in [1.54, 1.807) is 0 Å². The molecule has 0 aliphatic carbocycles. The van der Waals surface area contributed by atoms with Crippen LogP contribution in [0.2, 0.25) is 0 Å². The van der Waals surface area contributed by atoms with Gasteiger partial charge in [0.25, 0.3) is 0 Å². The fourth-order valence-electron chi connectivity index (χ4n) is 1.80. The largest absolute Gasteiger partial charge is 0.0654 e. The van der Waals surface area contributed by atoms with Crippen LogP contribution >= 0.6 is 0 Å². The van der Waals surface area contributed by atoms with Gasteiger partial charge >= 0.3 is 0 Å². The van der Waals surface area contributed by atoms with Crippen LogP contribution in [0.3, 0.4) is 0 Å². The monoisotopic (exact) mass is 197 g/mol. The summed E-state index contributed by atoms with van der Waals surface area (Å²) in [6, 6.07) is 0. The molecule has 1 radical (unpaired) electrons. The first-order valence-electron chi connectivity index (χ1n) is 6.60. The van der Waals surface area contributed by atoms with Crippen molar-refractivity contribution in [3.8, 4) is 0 Å². The molecule has 1 unspecified atom stereocenters. The summed E-state index contributed by atoms with van der Waals surface area (Å²) < 4.78 is 0. The molecule has 0 aromatic heterocycles. The van der Waals surface area contributed by atoms with Crippen LogP contribution in [0.4, 0.5) is 0 Å². The highest BCUT2D eigenvalue weighted by Crippen LogP contribution is 2.12. The first kappa shape index (κ1) is 14.0. The van der Waals surface area contributed by atoms with Crippen molar-refractivity contribution in [3.63, 3.8) is 0 Å². The molecule has 0 fully saturated rings. The van der Waals surface area contributed by atoms with Gasteiger partial charge in [0, 0.05) is 0 Å². The quantitative estimate of drug-likeness (QED) is 0.413. The normalized spacial score (nSPS) is 11.1. The highest BCUT2D eigenvalue weighted by Gasteiger charge is 1.94. The zero-order valence-corrected chi connectivity index (χ0v) is 10.4. The van der Waals surface area contributed by atoms with Crippen molar-refractivity contribution in [1.29, 1.82) is 0 Å². The topological polar surface area (TPSA) is 0 Å². The number of unbranched alkanes of at least 4 members (excludes halogenated alkanes) is 8. The van der Waals surface area contributed by atoms with E-state index in [4.69, 9.17) is 0 Å². The number of hydrogen-bond donors (Lipinski definition) is 0. The third-order valence-electron chi connectivity index (χ3n) is 2.80. The van der Waals surface area contributed by atoms with Crippen LogP contribution in [-0.4, -0.2) is 0 Å². The first-order chi connectivity index (χ1) is 6.77. The molecule has 0 N–H and O–H groups in total. The van der Waals surface area contributed by atoms with Gasteiger partial charge in [-0.05, 0) is 5.92 Å². The molecule has 0 aliphatic heterocycles. The van der Waals surface area contributed by atoms with E-state index in [0.717, 1.165) is 0 Å². The Kier molecular flexibility index (Phi) is 11.1. The Hall–Kier alpha value is 0. The van der Waals surface area contributed by atoms with E-state index in [9.17, 15) is 0 Å². The molecule has 0 heterocycles. The Balaban J connectivity index is 2.85. The minimum atomic E-state index is 0.652.